The van der Waals surface area contributed by atoms with Gasteiger partial charge in [0.2, 0.25) is 0 Å². The van der Waals surface area contributed by atoms with E-state index >= 15 is 0 Å². The summed E-state index contributed by atoms with van der Waals surface area (Å²) < 4.78 is 0. The largest absolute Gasteiger partial charge is 0.399 e. The number of allylic oxidation sites excluding steroid dienone is 1. The van der Waals surface area contributed by atoms with Crippen molar-refractivity contribution in [2.45, 2.75) is 13.3 Å². The molecule has 1 aliphatic rings. The second-order valence-electron chi connectivity index (χ2n) is 4.59. The summed E-state index contributed by atoms with van der Waals surface area (Å²) in [5, 5.41) is 0. The number of benzene rings is 2. The first-order valence-electron chi connectivity index (χ1n) is 5.90. The van der Waals surface area contributed by atoms with Gasteiger partial charge in [-0.25, -0.2) is 0 Å². The van der Waals surface area contributed by atoms with Gasteiger partial charge >= 0.3 is 0 Å². The summed E-state index contributed by atoms with van der Waals surface area (Å²) in [6.07, 6.45) is 5.46. The van der Waals surface area contributed by atoms with Crippen molar-refractivity contribution in [3.05, 3.63) is 59.2 Å². The third-order valence-electron chi connectivity index (χ3n) is 3.35. The van der Waals surface area contributed by atoms with Crippen molar-refractivity contribution in [2.24, 2.45) is 0 Å². The molecule has 1 heteroatoms. The van der Waals surface area contributed by atoms with Crippen molar-refractivity contribution in [2.75, 3.05) is 5.73 Å². The molecule has 0 saturated heterocycles. The highest BCUT2D eigenvalue weighted by Crippen LogP contribution is 2.29. The van der Waals surface area contributed by atoms with E-state index in [2.05, 4.69) is 49.4 Å². The Labute approximate surface area is 102 Å². The SMILES string of the molecule is Cc1ccc(N)cc1-c1ccc2c(c1)C=CC2. The Bertz CT molecular complexity index is 609. The Morgan fingerprint density at radius 3 is 2.82 bits per heavy atom. The van der Waals surface area contributed by atoms with Crippen molar-refractivity contribution >= 4 is 11.8 Å². The summed E-state index contributed by atoms with van der Waals surface area (Å²) in [6, 6.07) is 12.7. The first-order valence-corrected chi connectivity index (χ1v) is 5.90. The number of anilines is 1. The molecule has 2 N–H and O–H groups in total. The van der Waals surface area contributed by atoms with Gasteiger partial charge in [-0.2, -0.15) is 0 Å². The van der Waals surface area contributed by atoms with E-state index in [4.69, 9.17) is 5.73 Å². The van der Waals surface area contributed by atoms with Gasteiger partial charge in [-0.3, -0.25) is 0 Å². The van der Waals surface area contributed by atoms with Crippen LogP contribution in [0.4, 0.5) is 5.69 Å². The van der Waals surface area contributed by atoms with Crippen LogP contribution in [0.2, 0.25) is 0 Å². The van der Waals surface area contributed by atoms with Crippen LogP contribution in [-0.4, -0.2) is 0 Å². The standard InChI is InChI=1S/C16H15N/c1-11-5-8-15(17)10-16(11)14-7-6-12-3-2-4-13(12)9-14/h2,4-10H,3,17H2,1H3. The van der Waals surface area contributed by atoms with Crippen LogP contribution in [0.5, 0.6) is 0 Å². The van der Waals surface area contributed by atoms with Gasteiger partial charge in [-0.15, -0.1) is 0 Å². The monoisotopic (exact) mass is 221 g/mol. The van der Waals surface area contributed by atoms with Crippen molar-refractivity contribution in [3.8, 4) is 11.1 Å². The van der Waals surface area contributed by atoms with Crippen molar-refractivity contribution < 1.29 is 0 Å². The van der Waals surface area contributed by atoms with Crippen LogP contribution in [0, 0.1) is 6.92 Å². The minimum atomic E-state index is 0.821. The third kappa shape index (κ3) is 1.74. The van der Waals surface area contributed by atoms with Gasteiger partial charge in [0.25, 0.3) is 0 Å². The number of hydrogen-bond donors (Lipinski definition) is 1. The Hall–Kier alpha value is -2.02. The van der Waals surface area contributed by atoms with Gasteiger partial charge in [0.05, 0.1) is 0 Å². The van der Waals surface area contributed by atoms with E-state index in [0.29, 0.717) is 0 Å². The maximum absolute atomic E-state index is 5.86. The predicted octanol–water partition coefficient (Wildman–Crippen LogP) is 3.81. The average Bonchev–Trinajstić information content (AvgIpc) is 2.79. The van der Waals surface area contributed by atoms with Gasteiger partial charge in [0.15, 0.2) is 0 Å². The minimum Gasteiger partial charge on any atom is -0.399 e. The molecule has 0 radical (unpaired) electrons. The lowest BCUT2D eigenvalue weighted by molar-refractivity contribution is 1.31. The molecule has 0 fully saturated rings. The maximum atomic E-state index is 5.86. The molecule has 0 spiro atoms. The number of aryl methyl sites for hydroxylation is 1. The zero-order chi connectivity index (χ0) is 11.8. The first-order chi connectivity index (χ1) is 8.24. The smallest absolute Gasteiger partial charge is 0.0320 e. The summed E-state index contributed by atoms with van der Waals surface area (Å²) in [5.41, 5.74) is 13.2. The van der Waals surface area contributed by atoms with Crippen LogP contribution in [0.1, 0.15) is 16.7 Å². The van der Waals surface area contributed by atoms with Gasteiger partial charge in [0, 0.05) is 5.69 Å². The second-order valence-corrected chi connectivity index (χ2v) is 4.59. The lowest BCUT2D eigenvalue weighted by Gasteiger charge is -2.09. The third-order valence-corrected chi connectivity index (χ3v) is 3.35. The highest BCUT2D eigenvalue weighted by atomic mass is 14.5. The molecular weight excluding hydrogens is 206 g/mol. The molecule has 0 saturated carbocycles. The molecule has 2 aromatic carbocycles. The zero-order valence-electron chi connectivity index (χ0n) is 9.90. The van der Waals surface area contributed by atoms with Crippen LogP contribution in [0.15, 0.2) is 42.5 Å². The Morgan fingerprint density at radius 2 is 1.94 bits per heavy atom. The lowest BCUT2D eigenvalue weighted by atomic mass is 9.97. The summed E-state index contributed by atoms with van der Waals surface area (Å²) in [4.78, 5) is 0. The van der Waals surface area contributed by atoms with Gasteiger partial charge in [-0.1, -0.05) is 30.4 Å². The fourth-order valence-corrected chi connectivity index (χ4v) is 2.37. The normalized spacial score (nSPS) is 12.8. The van der Waals surface area contributed by atoms with Crippen LogP contribution in [0.25, 0.3) is 17.2 Å². The average molecular weight is 221 g/mol. The Balaban J connectivity index is 2.15. The molecule has 3 rings (SSSR count). The number of nitrogen functional groups attached to an aromatic ring is 1. The molecule has 17 heavy (non-hydrogen) atoms. The fourth-order valence-electron chi connectivity index (χ4n) is 2.37. The molecule has 0 bridgehead atoms. The quantitative estimate of drug-likeness (QED) is 0.728. The summed E-state index contributed by atoms with van der Waals surface area (Å²) in [5.74, 6) is 0. The topological polar surface area (TPSA) is 26.0 Å². The van der Waals surface area contributed by atoms with Crippen LogP contribution >= 0.6 is 0 Å². The number of hydrogen-bond acceptors (Lipinski definition) is 1. The molecule has 0 unspecified atom stereocenters. The van der Waals surface area contributed by atoms with Crippen molar-refractivity contribution in [3.63, 3.8) is 0 Å². The van der Waals surface area contributed by atoms with Gasteiger partial charge < -0.3 is 5.73 Å². The van der Waals surface area contributed by atoms with E-state index < -0.39 is 0 Å². The summed E-state index contributed by atoms with van der Waals surface area (Å²) in [7, 11) is 0. The van der Waals surface area contributed by atoms with Gasteiger partial charge in [-0.05, 0) is 59.4 Å². The Morgan fingerprint density at radius 1 is 1.06 bits per heavy atom. The maximum Gasteiger partial charge on any atom is 0.0320 e. The minimum absolute atomic E-state index is 0.821. The summed E-state index contributed by atoms with van der Waals surface area (Å²) in [6.45, 7) is 2.12. The molecule has 2 aromatic rings. The summed E-state index contributed by atoms with van der Waals surface area (Å²) >= 11 is 0. The highest BCUT2D eigenvalue weighted by Gasteiger charge is 2.08. The van der Waals surface area contributed by atoms with E-state index in [1.54, 1.807) is 0 Å². The fraction of sp³-hybridized carbons (Fsp3) is 0.125. The van der Waals surface area contributed by atoms with Crippen molar-refractivity contribution in [1.82, 2.24) is 0 Å². The molecule has 1 nitrogen and oxygen atoms in total. The molecule has 1 aliphatic carbocycles. The Kier molecular flexibility index (Phi) is 2.25. The molecular formula is C16H15N. The molecule has 0 amide bonds. The predicted molar refractivity (Wildman–Crippen MR) is 73.8 cm³/mol. The molecule has 0 atom stereocenters. The van der Waals surface area contributed by atoms with E-state index in [9.17, 15) is 0 Å². The number of fused-ring (bicyclic) bond motifs is 1. The van der Waals surface area contributed by atoms with Gasteiger partial charge in [0.1, 0.15) is 0 Å². The van der Waals surface area contributed by atoms with E-state index in [1.807, 2.05) is 6.07 Å². The molecule has 0 heterocycles. The van der Waals surface area contributed by atoms with E-state index in [-0.39, 0.29) is 0 Å². The molecule has 0 aliphatic heterocycles. The molecule has 0 aromatic heterocycles. The van der Waals surface area contributed by atoms with E-state index in [0.717, 1.165) is 12.1 Å². The number of nitrogens with two attached hydrogens (primary N) is 1. The second kappa shape index (κ2) is 3.77. The van der Waals surface area contributed by atoms with Crippen LogP contribution in [0.3, 0.4) is 0 Å². The molecule has 84 valence electrons. The lowest BCUT2D eigenvalue weighted by Crippen LogP contribution is -1.90. The zero-order valence-corrected chi connectivity index (χ0v) is 9.90. The van der Waals surface area contributed by atoms with Crippen molar-refractivity contribution in [1.29, 1.82) is 0 Å². The van der Waals surface area contributed by atoms with Crippen LogP contribution < -0.4 is 5.73 Å². The first kappa shape index (κ1) is 10.2. The van der Waals surface area contributed by atoms with E-state index in [1.165, 1.54) is 27.8 Å². The number of rotatable bonds is 1. The highest BCUT2D eigenvalue weighted by molar-refractivity contribution is 5.75. The van der Waals surface area contributed by atoms with Crippen LogP contribution in [-0.2, 0) is 6.42 Å².